The molecule has 0 radical (unpaired) electrons. The van der Waals surface area contributed by atoms with Gasteiger partial charge in [0.2, 0.25) is 5.82 Å². The maximum absolute atomic E-state index is 15.7. The molecular formula is C37H37FN4O7. The Labute approximate surface area is 282 Å². The molecule has 2 aromatic heterocycles. The lowest BCUT2D eigenvalue weighted by Gasteiger charge is -2.19. The summed E-state index contributed by atoms with van der Waals surface area (Å²) in [6.07, 6.45) is -0.609. The van der Waals surface area contributed by atoms with E-state index in [0.29, 0.717) is 34.1 Å². The van der Waals surface area contributed by atoms with Crippen LogP contribution in [-0.4, -0.2) is 47.4 Å². The molecule has 11 nitrogen and oxygen atoms in total. The molecule has 0 atom stereocenters. The van der Waals surface area contributed by atoms with E-state index in [-0.39, 0.29) is 36.0 Å². The zero-order valence-corrected chi connectivity index (χ0v) is 28.0. The number of esters is 1. The Bertz CT molecular complexity index is 1960. The molecule has 0 aliphatic carbocycles. The molecule has 2 N–H and O–H groups in total. The van der Waals surface area contributed by atoms with E-state index in [1.807, 2.05) is 24.3 Å². The highest BCUT2D eigenvalue weighted by atomic mass is 19.1. The predicted octanol–water partition coefficient (Wildman–Crippen LogP) is 8.23. The Hall–Kier alpha value is -5.78. The molecule has 0 aliphatic heterocycles. The Balaban J connectivity index is 1.39. The summed E-state index contributed by atoms with van der Waals surface area (Å²) in [7, 11) is 1.27. The first-order valence-electron chi connectivity index (χ1n) is 15.6. The highest BCUT2D eigenvalue weighted by Crippen LogP contribution is 2.35. The van der Waals surface area contributed by atoms with Gasteiger partial charge in [-0.25, -0.2) is 9.18 Å². The topological polar surface area (TPSA) is 146 Å². The fourth-order valence-electron chi connectivity index (χ4n) is 4.84. The second kappa shape index (κ2) is 14.5. The molecule has 2 amide bonds. The lowest BCUT2D eigenvalue weighted by atomic mass is 10.00. The summed E-state index contributed by atoms with van der Waals surface area (Å²) in [5, 5.41) is 9.28. The van der Waals surface area contributed by atoms with Gasteiger partial charge in [-0.3, -0.25) is 14.9 Å². The van der Waals surface area contributed by atoms with Gasteiger partial charge >= 0.3 is 12.1 Å². The summed E-state index contributed by atoms with van der Waals surface area (Å²) in [6, 6.07) is 20.5. The Kier molecular flexibility index (Phi) is 10.3. The number of furan rings is 1. The van der Waals surface area contributed by atoms with Crippen LogP contribution in [0.4, 0.5) is 14.9 Å². The van der Waals surface area contributed by atoms with Crippen molar-refractivity contribution in [2.24, 2.45) is 0 Å². The number of carbonyl (C=O) groups is 3. The monoisotopic (exact) mass is 668 g/mol. The zero-order valence-electron chi connectivity index (χ0n) is 28.0. The molecule has 0 unspecified atom stereocenters. The summed E-state index contributed by atoms with van der Waals surface area (Å²) < 4.78 is 37.0. The van der Waals surface area contributed by atoms with Crippen molar-refractivity contribution >= 4 is 23.7 Å². The number of rotatable bonds is 10. The minimum atomic E-state index is -0.650. The van der Waals surface area contributed by atoms with Crippen molar-refractivity contribution in [1.82, 2.24) is 15.5 Å². The van der Waals surface area contributed by atoms with E-state index in [9.17, 15) is 14.4 Å². The third-order valence-corrected chi connectivity index (χ3v) is 7.37. The van der Waals surface area contributed by atoms with Crippen LogP contribution < -0.4 is 10.6 Å². The number of hydrogen-bond acceptors (Lipinski definition) is 9. The third kappa shape index (κ3) is 8.58. The van der Waals surface area contributed by atoms with Crippen LogP contribution in [0.25, 0.3) is 45.3 Å². The fraction of sp³-hybridized carbons (Fsp3) is 0.270. The Morgan fingerprint density at radius 2 is 1.57 bits per heavy atom. The van der Waals surface area contributed by atoms with Gasteiger partial charge in [-0.05, 0) is 80.3 Å². The number of nitrogens with one attached hydrogen (secondary N) is 2. The fourth-order valence-corrected chi connectivity index (χ4v) is 4.84. The molecule has 0 saturated carbocycles. The molecule has 2 heterocycles. The van der Waals surface area contributed by atoms with E-state index < -0.39 is 29.4 Å². The van der Waals surface area contributed by atoms with Gasteiger partial charge in [0.25, 0.3) is 11.8 Å². The maximum Gasteiger partial charge on any atom is 0.412 e. The number of nitrogens with zero attached hydrogens (tertiary/aromatic N) is 2. The maximum atomic E-state index is 15.7. The van der Waals surface area contributed by atoms with E-state index in [2.05, 4.69) is 39.4 Å². The first-order chi connectivity index (χ1) is 23.3. The molecular weight excluding hydrogens is 631 g/mol. The number of anilines is 1. The highest BCUT2D eigenvalue weighted by Gasteiger charge is 2.23. The van der Waals surface area contributed by atoms with Crippen molar-refractivity contribution in [3.05, 3.63) is 89.9 Å². The van der Waals surface area contributed by atoms with Gasteiger partial charge in [0.05, 0.1) is 19.1 Å². The number of hydrogen-bond donors (Lipinski definition) is 2. The van der Waals surface area contributed by atoms with E-state index in [1.54, 1.807) is 57.2 Å². The lowest BCUT2D eigenvalue weighted by Crippen LogP contribution is -2.27. The van der Waals surface area contributed by atoms with Gasteiger partial charge in [-0.1, -0.05) is 49.3 Å². The Morgan fingerprint density at radius 1 is 0.898 bits per heavy atom. The molecule has 254 valence electrons. The average Bonchev–Trinajstić information content (AvgIpc) is 3.73. The van der Waals surface area contributed by atoms with E-state index in [0.717, 1.165) is 11.1 Å². The number of methoxy groups -OCH3 is 1. The summed E-state index contributed by atoms with van der Waals surface area (Å²) in [5.74, 6) is -0.797. The van der Waals surface area contributed by atoms with Crippen LogP contribution in [0, 0.1) is 5.82 Å². The largest absolute Gasteiger partial charge is 0.469 e. The molecule has 3 aromatic carbocycles. The minimum Gasteiger partial charge on any atom is -0.469 e. The summed E-state index contributed by atoms with van der Waals surface area (Å²) in [4.78, 5) is 41.2. The van der Waals surface area contributed by atoms with Crippen molar-refractivity contribution in [3.8, 4) is 45.3 Å². The quantitative estimate of drug-likeness (QED) is 0.141. The standard InChI is InChI=1S/C37H37FN4O7/c1-21(2)22-7-9-23(10-8-22)30-20-28(32(47-30)34(44)39-18-17-31(43)46-6)25-13-16-27(29(38)19-25)33-41-35(49-42-33)24-11-14-26(15-12-24)40-36(45)48-37(3,4)5/h7-16,19-21H,17-18H2,1-6H3,(H,39,44)(H,40,45). The number of ether oxygens (including phenoxy) is 2. The molecule has 5 aromatic rings. The lowest BCUT2D eigenvalue weighted by molar-refractivity contribution is -0.140. The normalized spacial score (nSPS) is 11.3. The van der Waals surface area contributed by atoms with Crippen molar-refractivity contribution < 1.29 is 37.2 Å². The van der Waals surface area contributed by atoms with Crippen LogP contribution in [-0.2, 0) is 14.3 Å². The molecule has 0 saturated heterocycles. The highest BCUT2D eigenvalue weighted by molar-refractivity contribution is 5.99. The number of aromatic nitrogens is 2. The van der Waals surface area contributed by atoms with Crippen LogP contribution in [0.3, 0.4) is 0 Å². The SMILES string of the molecule is COC(=O)CCNC(=O)c1oc(-c2ccc(C(C)C)cc2)cc1-c1ccc(-c2noc(-c3ccc(NC(=O)OC(C)(C)C)cc3)n2)c(F)c1. The van der Waals surface area contributed by atoms with Crippen molar-refractivity contribution in [2.75, 3.05) is 19.0 Å². The summed E-state index contributed by atoms with van der Waals surface area (Å²) >= 11 is 0. The Morgan fingerprint density at radius 3 is 2.20 bits per heavy atom. The van der Waals surface area contributed by atoms with Crippen LogP contribution in [0.2, 0.25) is 0 Å². The molecule has 0 fully saturated rings. The van der Waals surface area contributed by atoms with Gasteiger partial charge < -0.3 is 23.7 Å². The van der Waals surface area contributed by atoms with E-state index in [4.69, 9.17) is 13.7 Å². The van der Waals surface area contributed by atoms with Crippen LogP contribution in [0.5, 0.6) is 0 Å². The van der Waals surface area contributed by atoms with Crippen molar-refractivity contribution in [3.63, 3.8) is 0 Å². The van der Waals surface area contributed by atoms with Crippen LogP contribution in [0.1, 0.15) is 63.1 Å². The van der Waals surface area contributed by atoms with Gasteiger partial charge in [0.1, 0.15) is 17.2 Å². The zero-order chi connectivity index (χ0) is 35.3. The van der Waals surface area contributed by atoms with Crippen molar-refractivity contribution in [2.45, 2.75) is 52.6 Å². The third-order valence-electron chi connectivity index (χ3n) is 7.37. The van der Waals surface area contributed by atoms with Crippen molar-refractivity contribution in [1.29, 1.82) is 0 Å². The number of benzene rings is 3. The average molecular weight is 669 g/mol. The number of carbonyl (C=O) groups excluding carboxylic acids is 3. The van der Waals surface area contributed by atoms with Gasteiger partial charge in [-0.2, -0.15) is 4.98 Å². The molecule has 0 spiro atoms. The van der Waals surface area contributed by atoms with E-state index >= 15 is 4.39 Å². The number of halogens is 1. The first-order valence-corrected chi connectivity index (χ1v) is 15.6. The first kappa shape index (κ1) is 34.6. The second-order valence-electron chi connectivity index (χ2n) is 12.5. The van der Waals surface area contributed by atoms with Crippen LogP contribution in [0.15, 0.2) is 81.7 Å². The second-order valence-corrected chi connectivity index (χ2v) is 12.5. The van der Waals surface area contributed by atoms with Gasteiger partial charge in [0, 0.05) is 28.9 Å². The van der Waals surface area contributed by atoms with Gasteiger partial charge in [0.15, 0.2) is 5.76 Å². The molecule has 0 aliphatic rings. The predicted molar refractivity (Wildman–Crippen MR) is 181 cm³/mol. The minimum absolute atomic E-state index is 0.0221. The smallest absolute Gasteiger partial charge is 0.412 e. The van der Waals surface area contributed by atoms with Crippen LogP contribution >= 0.6 is 0 Å². The molecule has 49 heavy (non-hydrogen) atoms. The molecule has 5 rings (SSSR count). The summed E-state index contributed by atoms with van der Waals surface area (Å²) in [6.45, 7) is 9.53. The van der Waals surface area contributed by atoms with Gasteiger partial charge in [-0.15, -0.1) is 0 Å². The molecule has 0 bridgehead atoms. The molecule has 12 heteroatoms. The summed E-state index contributed by atoms with van der Waals surface area (Å²) in [5.41, 5.74) is 3.13. The number of amides is 2. The van der Waals surface area contributed by atoms with E-state index in [1.165, 1.54) is 19.2 Å².